The van der Waals surface area contributed by atoms with Crippen LogP contribution in [0.2, 0.25) is 0 Å². The second kappa shape index (κ2) is 7.09. The SMILES string of the molecule is CCC1CCCCN1C(=O)CCc1cccc(Br)c1. The zero-order valence-electron chi connectivity index (χ0n) is 11.6. The highest BCUT2D eigenvalue weighted by Gasteiger charge is 2.24. The van der Waals surface area contributed by atoms with Crippen LogP contribution in [0.1, 0.15) is 44.6 Å². The van der Waals surface area contributed by atoms with Gasteiger partial charge in [0.05, 0.1) is 0 Å². The van der Waals surface area contributed by atoms with Crippen LogP contribution >= 0.6 is 15.9 Å². The lowest BCUT2D eigenvalue weighted by molar-refractivity contribution is -0.134. The van der Waals surface area contributed by atoms with Gasteiger partial charge in [-0.15, -0.1) is 0 Å². The third kappa shape index (κ3) is 4.07. The number of piperidine rings is 1. The van der Waals surface area contributed by atoms with Gasteiger partial charge in [0.1, 0.15) is 0 Å². The number of aryl methyl sites for hydroxylation is 1. The van der Waals surface area contributed by atoms with Gasteiger partial charge in [-0.25, -0.2) is 0 Å². The van der Waals surface area contributed by atoms with E-state index in [1.54, 1.807) is 0 Å². The molecule has 2 nitrogen and oxygen atoms in total. The Kier molecular flexibility index (Phi) is 5.44. The van der Waals surface area contributed by atoms with Crippen molar-refractivity contribution in [3.63, 3.8) is 0 Å². The summed E-state index contributed by atoms with van der Waals surface area (Å²) in [5, 5.41) is 0. The molecule has 1 aromatic rings. The summed E-state index contributed by atoms with van der Waals surface area (Å²) in [6, 6.07) is 8.71. The normalized spacial score (nSPS) is 19.5. The summed E-state index contributed by atoms with van der Waals surface area (Å²) in [4.78, 5) is 14.5. The van der Waals surface area contributed by atoms with Gasteiger partial charge in [-0.2, -0.15) is 0 Å². The summed E-state index contributed by atoms with van der Waals surface area (Å²) in [6.07, 6.45) is 6.17. The molecule has 1 aromatic carbocycles. The average molecular weight is 324 g/mol. The van der Waals surface area contributed by atoms with Crippen LogP contribution in [0, 0.1) is 0 Å². The Hall–Kier alpha value is -0.830. The summed E-state index contributed by atoms with van der Waals surface area (Å²) in [7, 11) is 0. The summed E-state index contributed by atoms with van der Waals surface area (Å²) in [5.41, 5.74) is 1.23. The number of nitrogens with zero attached hydrogens (tertiary/aromatic N) is 1. The Bertz CT molecular complexity index is 433. The molecule has 0 radical (unpaired) electrons. The summed E-state index contributed by atoms with van der Waals surface area (Å²) in [6.45, 7) is 3.14. The van der Waals surface area contributed by atoms with E-state index in [0.29, 0.717) is 18.4 Å². The van der Waals surface area contributed by atoms with E-state index in [-0.39, 0.29) is 0 Å². The van der Waals surface area contributed by atoms with Crippen molar-refractivity contribution in [3.8, 4) is 0 Å². The smallest absolute Gasteiger partial charge is 0.223 e. The Balaban J connectivity index is 1.89. The Morgan fingerprint density at radius 3 is 3.00 bits per heavy atom. The van der Waals surface area contributed by atoms with Crippen LogP contribution in [0.5, 0.6) is 0 Å². The number of hydrogen-bond donors (Lipinski definition) is 0. The quantitative estimate of drug-likeness (QED) is 0.814. The van der Waals surface area contributed by atoms with Gasteiger partial charge >= 0.3 is 0 Å². The van der Waals surface area contributed by atoms with E-state index >= 15 is 0 Å². The van der Waals surface area contributed by atoms with Crippen molar-refractivity contribution < 1.29 is 4.79 Å². The second-order valence-electron chi connectivity index (χ2n) is 5.27. The van der Waals surface area contributed by atoms with Crippen molar-refractivity contribution in [2.24, 2.45) is 0 Å². The lowest BCUT2D eigenvalue weighted by Crippen LogP contribution is -2.43. The summed E-state index contributed by atoms with van der Waals surface area (Å²) < 4.78 is 1.09. The summed E-state index contributed by atoms with van der Waals surface area (Å²) >= 11 is 3.47. The Morgan fingerprint density at radius 2 is 2.26 bits per heavy atom. The molecule has 1 unspecified atom stereocenters. The first-order valence-corrected chi connectivity index (χ1v) is 8.04. The van der Waals surface area contributed by atoms with E-state index in [2.05, 4.69) is 39.9 Å². The molecule has 1 heterocycles. The molecule has 0 bridgehead atoms. The monoisotopic (exact) mass is 323 g/mol. The molecule has 1 aliphatic heterocycles. The maximum atomic E-state index is 12.3. The van der Waals surface area contributed by atoms with E-state index in [1.165, 1.54) is 24.8 Å². The Morgan fingerprint density at radius 1 is 1.42 bits per heavy atom. The molecule has 19 heavy (non-hydrogen) atoms. The molecule has 0 aromatic heterocycles. The molecule has 0 aliphatic carbocycles. The van der Waals surface area contributed by atoms with Crippen LogP contribution in [-0.4, -0.2) is 23.4 Å². The van der Waals surface area contributed by atoms with Gasteiger partial charge in [0, 0.05) is 23.5 Å². The molecule has 0 saturated carbocycles. The third-order valence-corrected chi connectivity index (χ3v) is 4.43. The average Bonchev–Trinajstić information content (AvgIpc) is 2.45. The van der Waals surface area contributed by atoms with Crippen molar-refractivity contribution in [3.05, 3.63) is 34.3 Å². The van der Waals surface area contributed by atoms with Gasteiger partial charge in [-0.05, 0) is 49.8 Å². The molecule has 1 atom stereocenters. The maximum absolute atomic E-state index is 12.3. The van der Waals surface area contributed by atoms with Crippen LogP contribution < -0.4 is 0 Å². The van der Waals surface area contributed by atoms with E-state index < -0.39 is 0 Å². The number of halogens is 1. The van der Waals surface area contributed by atoms with Crippen LogP contribution in [0.4, 0.5) is 0 Å². The van der Waals surface area contributed by atoms with Crippen molar-refractivity contribution in [2.45, 2.75) is 51.5 Å². The molecule has 2 rings (SSSR count). The number of hydrogen-bond acceptors (Lipinski definition) is 1. The molecular weight excluding hydrogens is 302 g/mol. The molecule has 1 fully saturated rings. The highest BCUT2D eigenvalue weighted by molar-refractivity contribution is 9.10. The molecule has 1 aliphatic rings. The minimum Gasteiger partial charge on any atom is -0.340 e. The number of benzene rings is 1. The first-order chi connectivity index (χ1) is 9.20. The predicted octanol–water partition coefficient (Wildman–Crippen LogP) is 4.17. The van der Waals surface area contributed by atoms with Crippen LogP contribution in [0.25, 0.3) is 0 Å². The number of carbonyl (C=O) groups is 1. The van der Waals surface area contributed by atoms with Gasteiger partial charge in [0.15, 0.2) is 0 Å². The standard InChI is InChI=1S/C16H22BrNO/c1-2-15-8-3-4-11-18(15)16(19)10-9-13-6-5-7-14(17)12-13/h5-7,12,15H,2-4,8-11H2,1H3. The minimum atomic E-state index is 0.325. The fourth-order valence-corrected chi connectivity index (χ4v) is 3.29. The van der Waals surface area contributed by atoms with Gasteiger partial charge in [-0.3, -0.25) is 4.79 Å². The lowest BCUT2D eigenvalue weighted by atomic mass is 9.99. The molecule has 104 valence electrons. The van der Waals surface area contributed by atoms with Gasteiger partial charge in [-0.1, -0.05) is 35.0 Å². The van der Waals surface area contributed by atoms with Gasteiger partial charge in [0.25, 0.3) is 0 Å². The molecule has 1 saturated heterocycles. The zero-order chi connectivity index (χ0) is 13.7. The van der Waals surface area contributed by atoms with Gasteiger partial charge < -0.3 is 4.90 Å². The topological polar surface area (TPSA) is 20.3 Å². The largest absolute Gasteiger partial charge is 0.340 e. The molecule has 1 amide bonds. The Labute approximate surface area is 124 Å². The number of likely N-dealkylation sites (tertiary alicyclic amines) is 1. The van der Waals surface area contributed by atoms with Crippen LogP contribution in [0.3, 0.4) is 0 Å². The highest BCUT2D eigenvalue weighted by atomic mass is 79.9. The van der Waals surface area contributed by atoms with E-state index in [4.69, 9.17) is 0 Å². The van der Waals surface area contributed by atoms with E-state index in [1.807, 2.05) is 12.1 Å². The van der Waals surface area contributed by atoms with Crippen molar-refractivity contribution in [1.82, 2.24) is 4.90 Å². The predicted molar refractivity (Wildman–Crippen MR) is 82.1 cm³/mol. The third-order valence-electron chi connectivity index (χ3n) is 3.94. The molecule has 0 N–H and O–H groups in total. The molecule has 3 heteroatoms. The van der Waals surface area contributed by atoms with Crippen molar-refractivity contribution in [2.75, 3.05) is 6.54 Å². The number of amides is 1. The fraction of sp³-hybridized carbons (Fsp3) is 0.562. The highest BCUT2D eigenvalue weighted by Crippen LogP contribution is 2.21. The van der Waals surface area contributed by atoms with E-state index in [0.717, 1.165) is 23.9 Å². The summed E-state index contributed by atoms with van der Waals surface area (Å²) in [5.74, 6) is 0.325. The van der Waals surface area contributed by atoms with Crippen LogP contribution in [-0.2, 0) is 11.2 Å². The van der Waals surface area contributed by atoms with Gasteiger partial charge in [0.2, 0.25) is 5.91 Å². The van der Waals surface area contributed by atoms with Crippen molar-refractivity contribution in [1.29, 1.82) is 0 Å². The molecule has 0 spiro atoms. The van der Waals surface area contributed by atoms with Crippen molar-refractivity contribution >= 4 is 21.8 Å². The lowest BCUT2D eigenvalue weighted by Gasteiger charge is -2.35. The van der Waals surface area contributed by atoms with E-state index in [9.17, 15) is 4.79 Å². The second-order valence-corrected chi connectivity index (χ2v) is 6.19. The first-order valence-electron chi connectivity index (χ1n) is 7.24. The van der Waals surface area contributed by atoms with Crippen LogP contribution in [0.15, 0.2) is 28.7 Å². The fourth-order valence-electron chi connectivity index (χ4n) is 2.84. The zero-order valence-corrected chi connectivity index (χ0v) is 13.2. The number of rotatable bonds is 4. The molecular formula is C16H22BrNO. The number of carbonyl (C=O) groups excluding carboxylic acids is 1. The maximum Gasteiger partial charge on any atom is 0.223 e. The minimum absolute atomic E-state index is 0.325. The first kappa shape index (κ1) is 14.6.